The molecule has 1 fully saturated rings. The number of likely N-dealkylation sites (N-methyl/N-ethyl adjacent to an activating group) is 1. The lowest BCUT2D eigenvalue weighted by Crippen LogP contribution is -2.55. The molecule has 0 radical (unpaired) electrons. The number of nitrogens with two attached hydrogens (primary N) is 1. The maximum absolute atomic E-state index is 6.22. The Morgan fingerprint density at radius 1 is 1.37 bits per heavy atom. The molecule has 3 heteroatoms. The van der Waals surface area contributed by atoms with Gasteiger partial charge >= 0.3 is 0 Å². The summed E-state index contributed by atoms with van der Waals surface area (Å²) in [5.41, 5.74) is 6.48. The van der Waals surface area contributed by atoms with Gasteiger partial charge in [-0.05, 0) is 57.6 Å². The van der Waals surface area contributed by atoms with Crippen LogP contribution in [0.5, 0.6) is 0 Å². The van der Waals surface area contributed by atoms with Crippen LogP contribution in [0.2, 0.25) is 0 Å². The lowest BCUT2D eigenvalue weighted by Gasteiger charge is -2.44. The molecule has 0 aromatic carbocycles. The fourth-order valence-electron chi connectivity index (χ4n) is 3.52. The van der Waals surface area contributed by atoms with Crippen LogP contribution < -0.4 is 5.73 Å². The average molecular weight is 287 g/mol. The van der Waals surface area contributed by atoms with Crippen LogP contribution in [0.3, 0.4) is 0 Å². The number of nitrogens with zero attached hydrogens (tertiary/aromatic N) is 1. The molecule has 0 saturated heterocycles. The lowest BCUT2D eigenvalue weighted by molar-refractivity contribution is 0.0672. The predicted octanol–water partition coefficient (Wildman–Crippen LogP) is 3.75. The van der Waals surface area contributed by atoms with Crippen LogP contribution in [0, 0.1) is 5.92 Å². The SMILES string of the molecule is CCC1CCCC(CN)(N(C)C(C)CCSC)CC1. The van der Waals surface area contributed by atoms with E-state index in [9.17, 15) is 0 Å². The van der Waals surface area contributed by atoms with Crippen molar-refractivity contribution in [3.63, 3.8) is 0 Å². The molecular weight excluding hydrogens is 252 g/mol. The van der Waals surface area contributed by atoms with E-state index in [0.717, 1.165) is 12.5 Å². The second-order valence-electron chi connectivity index (χ2n) is 6.38. The molecular formula is C16H34N2S. The van der Waals surface area contributed by atoms with E-state index in [4.69, 9.17) is 5.73 Å². The zero-order chi connectivity index (χ0) is 14.3. The summed E-state index contributed by atoms with van der Waals surface area (Å²) < 4.78 is 0. The highest BCUT2D eigenvalue weighted by Gasteiger charge is 2.37. The number of hydrogen-bond donors (Lipinski definition) is 1. The molecule has 3 atom stereocenters. The quantitative estimate of drug-likeness (QED) is 0.723. The predicted molar refractivity (Wildman–Crippen MR) is 88.9 cm³/mol. The molecule has 1 aliphatic carbocycles. The van der Waals surface area contributed by atoms with Crippen LogP contribution in [-0.4, -0.2) is 42.1 Å². The minimum atomic E-state index is 0.266. The minimum Gasteiger partial charge on any atom is -0.329 e. The van der Waals surface area contributed by atoms with Gasteiger partial charge in [-0.3, -0.25) is 4.90 Å². The summed E-state index contributed by atoms with van der Waals surface area (Å²) in [7, 11) is 2.31. The largest absolute Gasteiger partial charge is 0.329 e. The highest BCUT2D eigenvalue weighted by molar-refractivity contribution is 7.98. The van der Waals surface area contributed by atoms with Gasteiger partial charge in [0.25, 0.3) is 0 Å². The van der Waals surface area contributed by atoms with Gasteiger partial charge in [-0.1, -0.05) is 26.2 Å². The van der Waals surface area contributed by atoms with Gasteiger partial charge < -0.3 is 5.73 Å². The van der Waals surface area contributed by atoms with Crippen LogP contribution in [0.15, 0.2) is 0 Å². The van der Waals surface area contributed by atoms with Gasteiger partial charge in [-0.25, -0.2) is 0 Å². The van der Waals surface area contributed by atoms with Crippen LogP contribution >= 0.6 is 11.8 Å². The third-order valence-electron chi connectivity index (χ3n) is 5.38. The Hall–Kier alpha value is 0.270. The van der Waals surface area contributed by atoms with E-state index in [1.165, 1.54) is 50.7 Å². The molecule has 0 aliphatic heterocycles. The number of rotatable bonds is 7. The molecule has 0 aromatic heterocycles. The van der Waals surface area contributed by atoms with Crippen molar-refractivity contribution >= 4 is 11.8 Å². The first-order valence-corrected chi connectivity index (χ1v) is 9.41. The van der Waals surface area contributed by atoms with E-state index < -0.39 is 0 Å². The summed E-state index contributed by atoms with van der Waals surface area (Å²) in [6.45, 7) is 5.53. The Morgan fingerprint density at radius 3 is 2.68 bits per heavy atom. The first-order valence-electron chi connectivity index (χ1n) is 8.01. The number of hydrogen-bond acceptors (Lipinski definition) is 3. The first kappa shape index (κ1) is 17.3. The molecule has 1 rings (SSSR count). The van der Waals surface area contributed by atoms with Crippen molar-refractivity contribution in [3.8, 4) is 0 Å². The topological polar surface area (TPSA) is 29.3 Å². The van der Waals surface area contributed by atoms with Crippen molar-refractivity contribution < 1.29 is 0 Å². The van der Waals surface area contributed by atoms with E-state index >= 15 is 0 Å². The Labute approximate surface area is 124 Å². The molecule has 0 aromatic rings. The van der Waals surface area contributed by atoms with Crippen molar-refractivity contribution in [2.75, 3.05) is 25.6 Å². The summed E-state index contributed by atoms with van der Waals surface area (Å²) >= 11 is 1.95. The second-order valence-corrected chi connectivity index (χ2v) is 7.36. The highest BCUT2D eigenvalue weighted by atomic mass is 32.2. The normalized spacial score (nSPS) is 30.3. The molecule has 114 valence electrons. The van der Waals surface area contributed by atoms with Crippen molar-refractivity contribution in [3.05, 3.63) is 0 Å². The van der Waals surface area contributed by atoms with Crippen LogP contribution in [0.25, 0.3) is 0 Å². The van der Waals surface area contributed by atoms with E-state index in [-0.39, 0.29) is 5.54 Å². The molecule has 19 heavy (non-hydrogen) atoms. The lowest BCUT2D eigenvalue weighted by atomic mass is 9.86. The minimum absolute atomic E-state index is 0.266. The maximum Gasteiger partial charge on any atom is 0.0331 e. The average Bonchev–Trinajstić information content (AvgIpc) is 2.66. The molecule has 0 heterocycles. The van der Waals surface area contributed by atoms with Crippen LogP contribution in [-0.2, 0) is 0 Å². The molecule has 0 amide bonds. The summed E-state index contributed by atoms with van der Waals surface area (Å²) in [5.74, 6) is 2.19. The monoisotopic (exact) mass is 286 g/mol. The van der Waals surface area contributed by atoms with Gasteiger partial charge in [0, 0.05) is 18.1 Å². The number of thioether (sulfide) groups is 1. The van der Waals surface area contributed by atoms with Crippen LogP contribution in [0.1, 0.15) is 58.8 Å². The molecule has 0 bridgehead atoms. The Bertz CT molecular complexity index is 247. The Morgan fingerprint density at radius 2 is 2.11 bits per heavy atom. The zero-order valence-electron chi connectivity index (χ0n) is 13.5. The molecule has 0 spiro atoms. The highest BCUT2D eigenvalue weighted by Crippen LogP contribution is 2.36. The van der Waals surface area contributed by atoms with Crippen molar-refractivity contribution in [1.82, 2.24) is 4.90 Å². The summed E-state index contributed by atoms with van der Waals surface area (Å²) in [5, 5.41) is 0. The smallest absolute Gasteiger partial charge is 0.0331 e. The Kier molecular flexibility index (Phi) is 7.78. The molecule has 2 nitrogen and oxygen atoms in total. The third kappa shape index (κ3) is 4.64. The van der Waals surface area contributed by atoms with Crippen molar-refractivity contribution in [2.45, 2.75) is 70.4 Å². The van der Waals surface area contributed by atoms with Gasteiger partial charge in [-0.2, -0.15) is 11.8 Å². The maximum atomic E-state index is 6.22. The molecule has 3 unspecified atom stereocenters. The van der Waals surface area contributed by atoms with Gasteiger partial charge in [0.1, 0.15) is 0 Å². The van der Waals surface area contributed by atoms with Gasteiger partial charge in [0.2, 0.25) is 0 Å². The van der Waals surface area contributed by atoms with E-state index in [0.29, 0.717) is 6.04 Å². The van der Waals surface area contributed by atoms with Gasteiger partial charge in [-0.15, -0.1) is 0 Å². The molecule has 1 saturated carbocycles. The van der Waals surface area contributed by atoms with Gasteiger partial charge in [0.15, 0.2) is 0 Å². The van der Waals surface area contributed by atoms with Gasteiger partial charge in [0.05, 0.1) is 0 Å². The van der Waals surface area contributed by atoms with Crippen molar-refractivity contribution in [2.24, 2.45) is 11.7 Å². The fraction of sp³-hybridized carbons (Fsp3) is 1.00. The van der Waals surface area contributed by atoms with E-state index in [1.807, 2.05) is 11.8 Å². The standard InChI is InChI=1S/C16H34N2S/c1-5-15-7-6-10-16(13-17,11-8-15)18(3)14(2)9-12-19-4/h14-15H,5-13,17H2,1-4H3. The first-order chi connectivity index (χ1) is 9.09. The second kappa shape index (κ2) is 8.53. The van der Waals surface area contributed by atoms with E-state index in [2.05, 4.69) is 32.1 Å². The third-order valence-corrected chi connectivity index (χ3v) is 6.02. The molecule has 1 aliphatic rings. The fourth-order valence-corrected chi connectivity index (χ4v) is 4.10. The Balaban J connectivity index is 2.67. The van der Waals surface area contributed by atoms with Crippen molar-refractivity contribution in [1.29, 1.82) is 0 Å². The summed E-state index contributed by atoms with van der Waals surface area (Å²) in [6.07, 6.45) is 11.5. The van der Waals surface area contributed by atoms with E-state index in [1.54, 1.807) is 0 Å². The summed E-state index contributed by atoms with van der Waals surface area (Å²) in [6, 6.07) is 0.647. The van der Waals surface area contributed by atoms with Crippen LogP contribution in [0.4, 0.5) is 0 Å². The zero-order valence-corrected chi connectivity index (χ0v) is 14.3. The molecule has 2 N–H and O–H groups in total. The summed E-state index contributed by atoms with van der Waals surface area (Å²) in [4.78, 5) is 2.61.